The molecular weight excluding hydrogens is 376 g/mol. The van der Waals surface area contributed by atoms with Gasteiger partial charge in [0, 0.05) is 6.54 Å². The van der Waals surface area contributed by atoms with Crippen LogP contribution in [0, 0.1) is 0 Å². The molecule has 0 aromatic heterocycles. The van der Waals surface area contributed by atoms with E-state index in [1.807, 2.05) is 6.07 Å². The molecule has 154 valence electrons. The van der Waals surface area contributed by atoms with Crippen LogP contribution in [0.15, 0.2) is 36.4 Å². The Bertz CT molecular complexity index is 914. The number of fused-ring (bicyclic) bond motifs is 1. The molecule has 0 radical (unpaired) electrons. The number of carbonyl (C=O) groups is 2. The second kappa shape index (κ2) is 8.72. The number of methoxy groups -OCH3 is 3. The minimum atomic E-state index is -0.993. The van der Waals surface area contributed by atoms with Crippen molar-refractivity contribution in [1.82, 2.24) is 4.90 Å². The summed E-state index contributed by atoms with van der Waals surface area (Å²) in [6.07, 6.45) is 0.354. The summed E-state index contributed by atoms with van der Waals surface area (Å²) in [6, 6.07) is 9.64. The average Bonchev–Trinajstić information content (AvgIpc) is 2.72. The minimum Gasteiger partial charge on any atom is -0.495 e. The number of rotatable bonds is 6. The van der Waals surface area contributed by atoms with Crippen LogP contribution >= 0.6 is 0 Å². The van der Waals surface area contributed by atoms with E-state index < -0.39 is 12.0 Å². The Morgan fingerprint density at radius 1 is 1.07 bits per heavy atom. The van der Waals surface area contributed by atoms with Crippen molar-refractivity contribution in [3.8, 4) is 17.2 Å². The predicted molar refractivity (Wildman–Crippen MR) is 107 cm³/mol. The quantitative estimate of drug-likeness (QED) is 0.772. The summed E-state index contributed by atoms with van der Waals surface area (Å²) in [5, 5.41) is 12.3. The number of urea groups is 1. The normalized spacial score (nSPS) is 15.3. The zero-order valence-electron chi connectivity index (χ0n) is 16.6. The number of nitrogens with zero attached hydrogens (tertiary/aromatic N) is 1. The molecule has 1 aliphatic heterocycles. The lowest BCUT2D eigenvalue weighted by atomic mass is 9.90. The Morgan fingerprint density at radius 2 is 1.72 bits per heavy atom. The molecule has 2 N–H and O–H groups in total. The zero-order chi connectivity index (χ0) is 21.0. The standard InChI is InChI=1S/C21H24N2O6/c1-27-17-7-5-4-6-15(17)22-21(26)23-9-8-13-10-18(28-2)19(29-3)11-14(13)16(23)12-20(24)25/h4-7,10-11,16H,8-9,12H2,1-3H3,(H,22,26)(H,24,25). The van der Waals surface area contributed by atoms with E-state index in [0.717, 1.165) is 11.1 Å². The highest BCUT2D eigenvalue weighted by Gasteiger charge is 2.34. The first-order chi connectivity index (χ1) is 14.0. The van der Waals surface area contributed by atoms with Crippen molar-refractivity contribution in [3.05, 3.63) is 47.5 Å². The lowest BCUT2D eigenvalue weighted by molar-refractivity contribution is -0.138. The number of nitrogens with one attached hydrogen (secondary N) is 1. The number of hydrogen-bond acceptors (Lipinski definition) is 5. The molecule has 1 aliphatic rings. The summed E-state index contributed by atoms with van der Waals surface area (Å²) in [6.45, 7) is 0.376. The van der Waals surface area contributed by atoms with Gasteiger partial charge in [0.1, 0.15) is 5.75 Å². The highest BCUT2D eigenvalue weighted by molar-refractivity contribution is 5.91. The summed E-state index contributed by atoms with van der Waals surface area (Å²) in [4.78, 5) is 26.1. The fourth-order valence-electron chi connectivity index (χ4n) is 3.59. The van der Waals surface area contributed by atoms with Gasteiger partial charge in [-0.15, -0.1) is 0 Å². The number of carboxylic acids is 1. The summed E-state index contributed by atoms with van der Waals surface area (Å²) >= 11 is 0. The molecule has 2 amide bonds. The molecule has 0 saturated carbocycles. The van der Waals surface area contributed by atoms with Crippen LogP contribution in [-0.2, 0) is 11.2 Å². The Kier molecular flexibility index (Phi) is 6.11. The van der Waals surface area contributed by atoms with Crippen LogP contribution in [0.3, 0.4) is 0 Å². The Labute approximate surface area is 169 Å². The third-order valence-corrected chi connectivity index (χ3v) is 4.98. The molecule has 0 saturated heterocycles. The topological polar surface area (TPSA) is 97.3 Å². The number of para-hydroxylation sites is 2. The van der Waals surface area contributed by atoms with Gasteiger partial charge in [-0.25, -0.2) is 4.79 Å². The van der Waals surface area contributed by atoms with E-state index in [1.165, 1.54) is 19.1 Å². The third kappa shape index (κ3) is 4.21. The molecule has 0 aliphatic carbocycles. The first-order valence-electron chi connectivity index (χ1n) is 9.15. The monoisotopic (exact) mass is 400 g/mol. The molecule has 8 nitrogen and oxygen atoms in total. The molecule has 3 rings (SSSR count). The number of ether oxygens (including phenoxy) is 3. The first-order valence-corrected chi connectivity index (χ1v) is 9.15. The van der Waals surface area contributed by atoms with E-state index in [2.05, 4.69) is 5.32 Å². The van der Waals surface area contributed by atoms with Gasteiger partial charge in [0.15, 0.2) is 11.5 Å². The largest absolute Gasteiger partial charge is 0.495 e. The number of carbonyl (C=O) groups excluding carboxylic acids is 1. The molecule has 2 aromatic carbocycles. The Balaban J connectivity index is 1.95. The van der Waals surface area contributed by atoms with Crippen LogP contribution < -0.4 is 19.5 Å². The third-order valence-electron chi connectivity index (χ3n) is 4.98. The van der Waals surface area contributed by atoms with E-state index in [9.17, 15) is 14.7 Å². The molecule has 1 heterocycles. The van der Waals surface area contributed by atoms with Gasteiger partial charge in [-0.3, -0.25) is 4.79 Å². The van der Waals surface area contributed by atoms with E-state index in [4.69, 9.17) is 14.2 Å². The molecule has 0 spiro atoms. The van der Waals surface area contributed by atoms with Crippen LogP contribution in [0.25, 0.3) is 0 Å². The summed E-state index contributed by atoms with van der Waals surface area (Å²) < 4.78 is 16.0. The predicted octanol–water partition coefficient (Wildman–Crippen LogP) is 3.32. The van der Waals surface area contributed by atoms with Crippen molar-refractivity contribution in [2.24, 2.45) is 0 Å². The van der Waals surface area contributed by atoms with Crippen LogP contribution in [-0.4, -0.2) is 49.9 Å². The van der Waals surface area contributed by atoms with Crippen molar-refractivity contribution in [2.45, 2.75) is 18.9 Å². The summed E-state index contributed by atoms with van der Waals surface area (Å²) in [7, 11) is 4.59. The first kappa shape index (κ1) is 20.3. The molecule has 0 bridgehead atoms. The average molecular weight is 400 g/mol. The minimum absolute atomic E-state index is 0.220. The van der Waals surface area contributed by atoms with E-state index >= 15 is 0 Å². The maximum atomic E-state index is 13.0. The van der Waals surface area contributed by atoms with Gasteiger partial charge in [0.25, 0.3) is 0 Å². The van der Waals surface area contributed by atoms with Crippen LogP contribution in [0.4, 0.5) is 10.5 Å². The second-order valence-corrected chi connectivity index (χ2v) is 6.59. The van der Waals surface area contributed by atoms with Gasteiger partial charge >= 0.3 is 12.0 Å². The van der Waals surface area contributed by atoms with Crippen LogP contribution in [0.5, 0.6) is 17.2 Å². The lowest BCUT2D eigenvalue weighted by Gasteiger charge is -2.37. The van der Waals surface area contributed by atoms with E-state index in [0.29, 0.717) is 35.9 Å². The molecule has 1 atom stereocenters. The van der Waals surface area contributed by atoms with E-state index in [1.54, 1.807) is 37.4 Å². The highest BCUT2D eigenvalue weighted by atomic mass is 16.5. The number of amides is 2. The van der Waals surface area contributed by atoms with Crippen molar-refractivity contribution >= 4 is 17.7 Å². The zero-order valence-corrected chi connectivity index (χ0v) is 16.6. The molecule has 1 unspecified atom stereocenters. The Hall–Kier alpha value is -3.42. The number of aliphatic carboxylic acids is 1. The maximum absolute atomic E-state index is 13.0. The number of anilines is 1. The number of carboxylic acid groups (broad SMARTS) is 1. The van der Waals surface area contributed by atoms with Gasteiger partial charge in [-0.1, -0.05) is 12.1 Å². The van der Waals surface area contributed by atoms with E-state index in [-0.39, 0.29) is 12.5 Å². The molecule has 0 fully saturated rings. The smallest absolute Gasteiger partial charge is 0.322 e. The lowest BCUT2D eigenvalue weighted by Crippen LogP contribution is -2.43. The number of hydrogen-bond donors (Lipinski definition) is 2. The van der Waals surface area contributed by atoms with Crippen LogP contribution in [0.2, 0.25) is 0 Å². The fraction of sp³-hybridized carbons (Fsp3) is 0.333. The summed E-state index contributed by atoms with van der Waals surface area (Å²) in [5.41, 5.74) is 2.20. The van der Waals surface area contributed by atoms with Gasteiger partial charge in [0.2, 0.25) is 0 Å². The highest BCUT2D eigenvalue weighted by Crippen LogP contribution is 2.40. The van der Waals surface area contributed by atoms with Gasteiger partial charge in [-0.05, 0) is 41.8 Å². The van der Waals surface area contributed by atoms with Crippen molar-refractivity contribution < 1.29 is 28.9 Å². The molecule has 2 aromatic rings. The Morgan fingerprint density at radius 3 is 2.38 bits per heavy atom. The summed E-state index contributed by atoms with van der Waals surface area (Å²) in [5.74, 6) is 0.605. The SMILES string of the molecule is COc1ccccc1NC(=O)N1CCc2cc(OC)c(OC)cc2C1CC(=O)O. The maximum Gasteiger partial charge on any atom is 0.322 e. The van der Waals surface area contributed by atoms with Gasteiger partial charge in [0.05, 0.1) is 39.5 Å². The van der Waals surface area contributed by atoms with Gasteiger partial charge < -0.3 is 29.5 Å². The van der Waals surface area contributed by atoms with Crippen molar-refractivity contribution in [3.63, 3.8) is 0 Å². The molecular formula is C21H24N2O6. The second-order valence-electron chi connectivity index (χ2n) is 6.59. The molecule has 8 heteroatoms. The fourth-order valence-corrected chi connectivity index (χ4v) is 3.59. The van der Waals surface area contributed by atoms with Gasteiger partial charge in [-0.2, -0.15) is 0 Å². The number of benzene rings is 2. The molecule has 29 heavy (non-hydrogen) atoms. The van der Waals surface area contributed by atoms with Crippen LogP contribution in [0.1, 0.15) is 23.6 Å². The van der Waals surface area contributed by atoms with Crippen molar-refractivity contribution in [2.75, 3.05) is 33.2 Å². The van der Waals surface area contributed by atoms with Crippen molar-refractivity contribution in [1.29, 1.82) is 0 Å².